The lowest BCUT2D eigenvalue weighted by Gasteiger charge is -2.23. The lowest BCUT2D eigenvalue weighted by molar-refractivity contribution is -0.131. The van der Waals surface area contributed by atoms with Crippen LogP contribution in [0.2, 0.25) is 0 Å². The van der Waals surface area contributed by atoms with Gasteiger partial charge in [0, 0.05) is 25.4 Å². The topological polar surface area (TPSA) is 94.1 Å². The zero-order valence-electron chi connectivity index (χ0n) is 16.4. The first-order valence-electron chi connectivity index (χ1n) is 9.86. The summed E-state index contributed by atoms with van der Waals surface area (Å²) in [5, 5.41) is 4.19. The molecule has 0 saturated carbocycles. The van der Waals surface area contributed by atoms with Gasteiger partial charge in [0.2, 0.25) is 5.91 Å². The van der Waals surface area contributed by atoms with Crippen LogP contribution in [0.4, 0.5) is 10.2 Å². The number of ketones is 1. The smallest absolute Gasteiger partial charge is 0.223 e. The largest absolute Gasteiger partial charge is 0.383 e. The first kappa shape index (κ1) is 19.8. The number of carbonyl (C=O) groups is 2. The molecule has 0 radical (unpaired) electrons. The summed E-state index contributed by atoms with van der Waals surface area (Å²) < 4.78 is 14.6. The lowest BCUT2D eigenvalue weighted by Crippen LogP contribution is -2.40. The summed E-state index contributed by atoms with van der Waals surface area (Å²) in [6.07, 6.45) is 7.10. The monoisotopic (exact) mass is 407 g/mol. The number of aromatic nitrogens is 3. The van der Waals surface area contributed by atoms with Crippen LogP contribution >= 0.6 is 0 Å². The molecule has 2 aromatic heterocycles. The lowest BCUT2D eigenvalue weighted by atomic mass is 10.0. The molecule has 0 unspecified atom stereocenters. The minimum Gasteiger partial charge on any atom is -0.383 e. The van der Waals surface area contributed by atoms with Crippen molar-refractivity contribution in [2.24, 2.45) is 0 Å². The number of nitrogen functional groups attached to an aromatic ring is 1. The number of likely N-dealkylation sites (tertiary alicyclic amines) is 1. The molecular formula is C22H22FN5O2. The molecule has 1 fully saturated rings. The van der Waals surface area contributed by atoms with E-state index in [0.717, 1.165) is 12.0 Å². The Kier molecular flexibility index (Phi) is 5.56. The van der Waals surface area contributed by atoms with E-state index in [-0.39, 0.29) is 28.9 Å². The van der Waals surface area contributed by atoms with E-state index < -0.39 is 6.04 Å². The number of hydrogen-bond acceptors (Lipinski definition) is 5. The Morgan fingerprint density at radius 3 is 2.70 bits per heavy atom. The van der Waals surface area contributed by atoms with Gasteiger partial charge in [-0.25, -0.2) is 9.07 Å². The fraction of sp³-hybridized carbons (Fsp3) is 0.273. The van der Waals surface area contributed by atoms with E-state index in [1.165, 1.54) is 35.1 Å². The molecule has 2 N–H and O–H groups in total. The Morgan fingerprint density at radius 1 is 1.17 bits per heavy atom. The number of rotatable bonds is 6. The molecule has 154 valence electrons. The van der Waals surface area contributed by atoms with Crippen LogP contribution in [0, 0.1) is 5.82 Å². The van der Waals surface area contributed by atoms with Gasteiger partial charge in [0.1, 0.15) is 11.6 Å². The van der Waals surface area contributed by atoms with Crippen LogP contribution in [0.1, 0.15) is 35.2 Å². The summed E-state index contributed by atoms with van der Waals surface area (Å²) in [4.78, 5) is 31.6. The number of pyridine rings is 1. The highest BCUT2D eigenvalue weighted by Gasteiger charge is 2.35. The van der Waals surface area contributed by atoms with E-state index in [4.69, 9.17) is 5.73 Å². The number of amides is 1. The molecule has 1 amide bonds. The third-order valence-corrected chi connectivity index (χ3v) is 5.37. The molecular weight excluding hydrogens is 385 g/mol. The van der Waals surface area contributed by atoms with Crippen molar-refractivity contribution in [3.63, 3.8) is 0 Å². The Balaban J connectivity index is 1.48. The van der Waals surface area contributed by atoms with Crippen LogP contribution in [0.5, 0.6) is 0 Å². The summed E-state index contributed by atoms with van der Waals surface area (Å²) in [5.41, 5.74) is 7.99. The van der Waals surface area contributed by atoms with E-state index in [0.29, 0.717) is 31.5 Å². The molecule has 7 nitrogen and oxygen atoms in total. The minimum absolute atomic E-state index is 0.0563. The summed E-state index contributed by atoms with van der Waals surface area (Å²) in [5.74, 6) is -0.458. The van der Waals surface area contributed by atoms with Crippen LogP contribution in [-0.4, -0.2) is 43.9 Å². The predicted octanol–water partition coefficient (Wildman–Crippen LogP) is 2.80. The molecule has 0 bridgehead atoms. The van der Waals surface area contributed by atoms with Gasteiger partial charge in [0.15, 0.2) is 5.78 Å². The Bertz CT molecular complexity index is 1050. The van der Waals surface area contributed by atoms with Crippen molar-refractivity contribution < 1.29 is 14.0 Å². The standard InChI is InChI=1S/C22H22FN5O2/c23-16-6-8-17(9-7-16)28-22(24)18(14-26-28)21(30)19-4-2-12-27(19)20(29)10-5-15-3-1-11-25-13-15/h1,3,6-9,11,13-14,19H,2,4-5,10,12,24H2/t19-/m1/s1. The second-order valence-corrected chi connectivity index (χ2v) is 7.30. The van der Waals surface area contributed by atoms with Crippen molar-refractivity contribution in [3.8, 4) is 5.69 Å². The van der Waals surface area contributed by atoms with Crippen molar-refractivity contribution in [2.75, 3.05) is 12.3 Å². The highest BCUT2D eigenvalue weighted by Crippen LogP contribution is 2.26. The van der Waals surface area contributed by atoms with E-state index in [9.17, 15) is 14.0 Å². The molecule has 1 aromatic carbocycles. The molecule has 30 heavy (non-hydrogen) atoms. The molecule has 1 saturated heterocycles. The van der Waals surface area contributed by atoms with Gasteiger partial charge in [0.25, 0.3) is 0 Å². The number of carbonyl (C=O) groups excluding carboxylic acids is 2. The Morgan fingerprint density at radius 2 is 1.97 bits per heavy atom. The third kappa shape index (κ3) is 3.94. The van der Waals surface area contributed by atoms with E-state index in [1.54, 1.807) is 17.3 Å². The summed E-state index contributed by atoms with van der Waals surface area (Å²) >= 11 is 0. The average Bonchev–Trinajstić information content (AvgIpc) is 3.40. The van der Waals surface area contributed by atoms with Gasteiger partial charge in [0.05, 0.1) is 23.5 Å². The molecule has 3 aromatic rings. The zero-order chi connectivity index (χ0) is 21.1. The second-order valence-electron chi connectivity index (χ2n) is 7.30. The molecule has 3 heterocycles. The van der Waals surface area contributed by atoms with Gasteiger partial charge in [-0.15, -0.1) is 0 Å². The first-order valence-corrected chi connectivity index (χ1v) is 9.86. The minimum atomic E-state index is -0.542. The maximum atomic E-state index is 13.2. The Hall–Kier alpha value is -3.55. The van der Waals surface area contributed by atoms with Crippen LogP contribution in [0.25, 0.3) is 5.69 Å². The summed E-state index contributed by atoms with van der Waals surface area (Å²) in [6, 6.07) is 8.91. The quantitative estimate of drug-likeness (QED) is 0.634. The zero-order valence-corrected chi connectivity index (χ0v) is 16.4. The van der Waals surface area contributed by atoms with Crippen LogP contribution < -0.4 is 5.73 Å². The molecule has 8 heteroatoms. The SMILES string of the molecule is Nc1c(C(=O)[C@H]2CCCN2C(=O)CCc2cccnc2)cnn1-c1ccc(F)cc1. The van der Waals surface area contributed by atoms with Crippen molar-refractivity contribution in [2.45, 2.75) is 31.7 Å². The van der Waals surface area contributed by atoms with E-state index in [2.05, 4.69) is 10.1 Å². The molecule has 1 atom stereocenters. The number of nitrogens with zero attached hydrogens (tertiary/aromatic N) is 4. The van der Waals surface area contributed by atoms with Crippen molar-refractivity contribution >= 4 is 17.5 Å². The van der Waals surface area contributed by atoms with Gasteiger partial charge < -0.3 is 10.6 Å². The van der Waals surface area contributed by atoms with Gasteiger partial charge >= 0.3 is 0 Å². The predicted molar refractivity (Wildman–Crippen MR) is 110 cm³/mol. The fourth-order valence-electron chi connectivity index (χ4n) is 3.79. The molecule has 0 aliphatic carbocycles. The average molecular weight is 407 g/mol. The van der Waals surface area contributed by atoms with Crippen LogP contribution in [-0.2, 0) is 11.2 Å². The molecule has 4 rings (SSSR count). The second kappa shape index (κ2) is 8.44. The van der Waals surface area contributed by atoms with Gasteiger partial charge in [-0.05, 0) is 55.2 Å². The number of Topliss-reactive ketones (excluding diaryl/α,β-unsaturated/α-hetero) is 1. The molecule has 0 spiro atoms. The molecule has 1 aliphatic rings. The van der Waals surface area contributed by atoms with Crippen LogP contribution in [0.3, 0.4) is 0 Å². The number of halogens is 1. The van der Waals surface area contributed by atoms with Gasteiger partial charge in [-0.2, -0.15) is 5.10 Å². The highest BCUT2D eigenvalue weighted by molar-refractivity contribution is 6.05. The maximum Gasteiger partial charge on any atom is 0.223 e. The fourth-order valence-corrected chi connectivity index (χ4v) is 3.79. The van der Waals surface area contributed by atoms with Crippen molar-refractivity contribution in [1.29, 1.82) is 0 Å². The van der Waals surface area contributed by atoms with E-state index >= 15 is 0 Å². The third-order valence-electron chi connectivity index (χ3n) is 5.37. The van der Waals surface area contributed by atoms with Gasteiger partial charge in [-0.1, -0.05) is 6.07 Å². The number of anilines is 1. The van der Waals surface area contributed by atoms with Crippen molar-refractivity contribution in [1.82, 2.24) is 19.7 Å². The number of hydrogen-bond donors (Lipinski definition) is 1. The number of aryl methyl sites for hydroxylation is 1. The van der Waals surface area contributed by atoms with Gasteiger partial charge in [-0.3, -0.25) is 14.6 Å². The normalized spacial score (nSPS) is 16.0. The highest BCUT2D eigenvalue weighted by atomic mass is 19.1. The summed E-state index contributed by atoms with van der Waals surface area (Å²) in [6.45, 7) is 0.550. The summed E-state index contributed by atoms with van der Waals surface area (Å²) in [7, 11) is 0. The maximum absolute atomic E-state index is 13.2. The number of benzene rings is 1. The van der Waals surface area contributed by atoms with E-state index in [1.807, 2.05) is 12.1 Å². The van der Waals surface area contributed by atoms with Crippen molar-refractivity contribution in [3.05, 3.63) is 71.9 Å². The number of nitrogens with two attached hydrogens (primary N) is 1. The Labute approximate surface area is 173 Å². The first-order chi connectivity index (χ1) is 14.5. The van der Waals surface area contributed by atoms with Crippen LogP contribution in [0.15, 0.2) is 55.0 Å². The molecule has 1 aliphatic heterocycles.